The second-order valence-corrected chi connectivity index (χ2v) is 8.35. The van der Waals surface area contributed by atoms with Crippen LogP contribution in [0.5, 0.6) is 5.75 Å². The largest absolute Gasteiger partial charge is 0.497 e. The predicted molar refractivity (Wildman–Crippen MR) is 126 cm³/mol. The van der Waals surface area contributed by atoms with Gasteiger partial charge in [0.1, 0.15) is 11.7 Å². The zero-order valence-corrected chi connectivity index (χ0v) is 18.7. The van der Waals surface area contributed by atoms with Gasteiger partial charge in [-0.25, -0.2) is 9.96 Å². The first-order valence-electron chi connectivity index (χ1n) is 10.8. The molecule has 7 nitrogen and oxygen atoms in total. The molecule has 0 aliphatic carbocycles. The van der Waals surface area contributed by atoms with Crippen LogP contribution in [-0.2, 0) is 14.4 Å². The van der Waals surface area contributed by atoms with Gasteiger partial charge >= 0.3 is 0 Å². The van der Waals surface area contributed by atoms with E-state index in [1.807, 2.05) is 73.6 Å². The van der Waals surface area contributed by atoms with E-state index in [1.165, 1.54) is 4.90 Å². The minimum Gasteiger partial charge on any atom is -0.497 e. The fraction of sp³-hybridized carbons (Fsp3) is 0.231. The maximum absolute atomic E-state index is 13.6. The van der Waals surface area contributed by atoms with Crippen LogP contribution in [0.15, 0.2) is 78.9 Å². The smallest absolute Gasteiger partial charge is 0.266 e. The van der Waals surface area contributed by atoms with Crippen molar-refractivity contribution in [2.75, 3.05) is 36.1 Å². The molecule has 168 valence electrons. The molecule has 2 saturated heterocycles. The normalized spacial score (nSPS) is 22.0. The molecule has 0 radical (unpaired) electrons. The van der Waals surface area contributed by atoms with Crippen molar-refractivity contribution in [2.24, 2.45) is 5.92 Å². The third-order valence-electron chi connectivity index (χ3n) is 6.21. The van der Waals surface area contributed by atoms with E-state index in [2.05, 4.69) is 0 Å². The molecule has 0 saturated carbocycles. The minimum absolute atomic E-state index is 0.268. The van der Waals surface area contributed by atoms with Crippen molar-refractivity contribution < 1.29 is 19.2 Å². The molecule has 0 N–H and O–H groups in total. The molecule has 0 aromatic heterocycles. The summed E-state index contributed by atoms with van der Waals surface area (Å²) in [5, 5.41) is 1.71. The molecule has 33 heavy (non-hydrogen) atoms. The van der Waals surface area contributed by atoms with Gasteiger partial charge < -0.3 is 9.64 Å². The predicted octanol–water partition coefficient (Wildman–Crippen LogP) is 3.81. The number of benzene rings is 3. The lowest BCUT2D eigenvalue weighted by molar-refractivity contribution is -0.126. The molecule has 2 amide bonds. The fourth-order valence-electron chi connectivity index (χ4n) is 4.51. The van der Waals surface area contributed by atoms with E-state index in [1.54, 1.807) is 36.4 Å². The first kappa shape index (κ1) is 21.0. The van der Waals surface area contributed by atoms with Crippen molar-refractivity contribution in [2.45, 2.75) is 12.1 Å². The maximum atomic E-state index is 13.6. The van der Waals surface area contributed by atoms with Crippen molar-refractivity contribution in [1.29, 1.82) is 0 Å². The average molecular weight is 444 g/mol. The first-order chi connectivity index (χ1) is 16.0. The van der Waals surface area contributed by atoms with Crippen LogP contribution in [0.25, 0.3) is 0 Å². The van der Waals surface area contributed by atoms with Crippen LogP contribution in [0.2, 0.25) is 0 Å². The van der Waals surface area contributed by atoms with Crippen LogP contribution >= 0.6 is 0 Å². The Hall–Kier alpha value is -3.84. The van der Waals surface area contributed by atoms with Crippen LogP contribution in [0, 0.1) is 5.92 Å². The Balaban J connectivity index is 1.55. The third-order valence-corrected chi connectivity index (χ3v) is 6.21. The summed E-state index contributed by atoms with van der Waals surface area (Å²) in [7, 11) is 5.53. The summed E-state index contributed by atoms with van der Waals surface area (Å²) in [6.07, 6.45) is -0.890. The average Bonchev–Trinajstić information content (AvgIpc) is 3.36. The molecule has 2 aliphatic rings. The Labute approximate surface area is 192 Å². The zero-order chi connectivity index (χ0) is 23.1. The molecular formula is C26H25N3O4. The van der Waals surface area contributed by atoms with E-state index in [4.69, 9.17) is 9.57 Å². The number of methoxy groups -OCH3 is 1. The molecule has 0 bridgehead atoms. The van der Waals surface area contributed by atoms with Gasteiger partial charge in [-0.05, 0) is 54.1 Å². The number of hydrogen-bond donors (Lipinski definition) is 0. The number of rotatable bonds is 5. The van der Waals surface area contributed by atoms with Gasteiger partial charge in [-0.3, -0.25) is 14.4 Å². The summed E-state index contributed by atoms with van der Waals surface area (Å²) in [6, 6.07) is 24.0. The monoisotopic (exact) mass is 443 g/mol. The molecule has 7 heteroatoms. The number of amides is 2. The van der Waals surface area contributed by atoms with Gasteiger partial charge in [0, 0.05) is 19.8 Å². The Kier molecular flexibility index (Phi) is 5.26. The number of carbonyl (C=O) groups excluding carboxylic acids is 2. The van der Waals surface area contributed by atoms with Gasteiger partial charge in [0.2, 0.25) is 5.91 Å². The Morgan fingerprint density at radius 1 is 0.818 bits per heavy atom. The van der Waals surface area contributed by atoms with Crippen LogP contribution in [0.4, 0.5) is 17.1 Å². The van der Waals surface area contributed by atoms with Crippen molar-refractivity contribution in [1.82, 2.24) is 0 Å². The molecule has 0 spiro atoms. The summed E-state index contributed by atoms with van der Waals surface area (Å²) in [5.74, 6) is -0.632. The number of carbonyl (C=O) groups is 2. The zero-order valence-electron chi connectivity index (χ0n) is 18.7. The highest BCUT2D eigenvalue weighted by Crippen LogP contribution is 2.47. The van der Waals surface area contributed by atoms with Gasteiger partial charge in [-0.2, -0.15) is 0 Å². The van der Waals surface area contributed by atoms with Gasteiger partial charge in [-0.1, -0.05) is 30.3 Å². The molecule has 0 unspecified atom stereocenters. The Bertz CT molecular complexity index is 1160. The number of hydroxylamine groups is 1. The van der Waals surface area contributed by atoms with E-state index in [0.29, 0.717) is 11.4 Å². The van der Waals surface area contributed by atoms with Crippen molar-refractivity contribution in [3.63, 3.8) is 0 Å². The lowest BCUT2D eigenvalue weighted by Crippen LogP contribution is -2.37. The number of nitrogens with zero attached hydrogens (tertiary/aromatic N) is 3. The number of para-hydroxylation sites is 1. The van der Waals surface area contributed by atoms with Crippen LogP contribution in [0.1, 0.15) is 11.6 Å². The molecule has 3 atom stereocenters. The first-order valence-corrected chi connectivity index (χ1v) is 10.8. The molecule has 5 rings (SSSR count). The lowest BCUT2D eigenvalue weighted by Gasteiger charge is -2.29. The second-order valence-electron chi connectivity index (χ2n) is 8.35. The lowest BCUT2D eigenvalue weighted by atomic mass is 9.90. The summed E-state index contributed by atoms with van der Waals surface area (Å²) >= 11 is 0. The maximum Gasteiger partial charge on any atom is 0.266 e. The third kappa shape index (κ3) is 3.50. The van der Waals surface area contributed by atoms with Crippen molar-refractivity contribution in [3.05, 3.63) is 84.4 Å². The summed E-state index contributed by atoms with van der Waals surface area (Å²) in [6.45, 7) is 0. The van der Waals surface area contributed by atoms with Gasteiger partial charge in [0.05, 0.1) is 24.5 Å². The van der Waals surface area contributed by atoms with E-state index in [0.717, 1.165) is 16.9 Å². The van der Waals surface area contributed by atoms with Gasteiger partial charge in [0.25, 0.3) is 5.91 Å². The summed E-state index contributed by atoms with van der Waals surface area (Å²) < 4.78 is 5.20. The molecule has 2 heterocycles. The fourth-order valence-corrected chi connectivity index (χ4v) is 4.51. The SMILES string of the molecule is COc1ccc(N2C(=O)[C@H]3[C@@H](ON(c4ccccc4)[C@H]3c3ccc(N(C)C)cc3)C2=O)cc1. The highest BCUT2D eigenvalue weighted by molar-refractivity contribution is 6.23. The number of imide groups is 1. The molecule has 3 aromatic rings. The highest BCUT2D eigenvalue weighted by Gasteiger charge is 2.60. The number of hydrogen-bond acceptors (Lipinski definition) is 6. The highest BCUT2D eigenvalue weighted by atomic mass is 16.7. The molecule has 2 fully saturated rings. The van der Waals surface area contributed by atoms with E-state index >= 15 is 0 Å². The quantitative estimate of drug-likeness (QED) is 0.559. The van der Waals surface area contributed by atoms with E-state index in [9.17, 15) is 9.59 Å². The topological polar surface area (TPSA) is 62.3 Å². The van der Waals surface area contributed by atoms with E-state index < -0.39 is 18.1 Å². The number of anilines is 3. The standard InChI is InChI=1S/C26H25N3O4/c1-27(2)18-11-9-17(10-12-18)23-22-24(33-29(23)20-7-5-4-6-8-20)26(31)28(25(22)30)19-13-15-21(32-3)16-14-19/h4-16,22-24H,1-3H3/t22-,23+,24-/m1/s1. The van der Waals surface area contributed by atoms with Crippen LogP contribution in [-0.4, -0.2) is 39.1 Å². The number of ether oxygens (including phenoxy) is 1. The van der Waals surface area contributed by atoms with Gasteiger partial charge in [-0.15, -0.1) is 0 Å². The molecule has 3 aromatic carbocycles. The number of fused-ring (bicyclic) bond motifs is 1. The van der Waals surface area contributed by atoms with Crippen molar-refractivity contribution >= 4 is 28.9 Å². The summed E-state index contributed by atoms with van der Waals surface area (Å²) in [5.41, 5.74) is 3.27. The molecular weight excluding hydrogens is 418 g/mol. The Morgan fingerprint density at radius 3 is 2.09 bits per heavy atom. The van der Waals surface area contributed by atoms with Crippen LogP contribution < -0.4 is 19.6 Å². The Morgan fingerprint density at radius 2 is 1.48 bits per heavy atom. The molecule has 2 aliphatic heterocycles. The minimum atomic E-state index is -0.890. The second kappa shape index (κ2) is 8.26. The van der Waals surface area contributed by atoms with E-state index in [-0.39, 0.29) is 11.8 Å². The summed E-state index contributed by atoms with van der Waals surface area (Å²) in [4.78, 5) is 36.4. The van der Waals surface area contributed by atoms with Gasteiger partial charge in [0.15, 0.2) is 6.10 Å². The van der Waals surface area contributed by atoms with Crippen molar-refractivity contribution in [3.8, 4) is 5.75 Å². The van der Waals surface area contributed by atoms with Crippen LogP contribution in [0.3, 0.4) is 0 Å².